The van der Waals surface area contributed by atoms with Crippen LogP contribution >= 0.6 is 0 Å². The van der Waals surface area contributed by atoms with Gasteiger partial charge in [-0.25, -0.2) is 12.7 Å². The first-order chi connectivity index (χ1) is 16.9. The van der Waals surface area contributed by atoms with Gasteiger partial charge in [-0.1, -0.05) is 95.2 Å². The lowest BCUT2D eigenvalue weighted by atomic mass is 10.2. The summed E-state index contributed by atoms with van der Waals surface area (Å²) in [7, 11) is -5.68. The molecule has 0 spiro atoms. The van der Waals surface area contributed by atoms with Gasteiger partial charge in [-0.05, 0) is 55.2 Å². The van der Waals surface area contributed by atoms with Crippen molar-refractivity contribution < 1.29 is 12.8 Å². The molecule has 6 heteroatoms. The normalized spacial score (nSPS) is 11.7. The van der Waals surface area contributed by atoms with E-state index in [0.29, 0.717) is 6.61 Å². The second-order valence-electron chi connectivity index (χ2n) is 9.34. The van der Waals surface area contributed by atoms with Crippen LogP contribution in [0.4, 0.5) is 0 Å². The summed E-state index contributed by atoms with van der Waals surface area (Å²) in [4.78, 5) is 0.254. The fraction of sp³-hybridized carbons (Fsp3) is 0.517. The molecule has 2 aromatic rings. The number of sulfonamides is 1. The third kappa shape index (κ3) is 9.48. The van der Waals surface area contributed by atoms with E-state index >= 15 is 0 Å². The molecule has 0 aliphatic heterocycles. The van der Waals surface area contributed by atoms with Crippen molar-refractivity contribution in [1.82, 2.24) is 4.31 Å². The van der Waals surface area contributed by atoms with Crippen LogP contribution in [0, 0.1) is 18.9 Å². The first-order valence-electron chi connectivity index (χ1n) is 13.2. The van der Waals surface area contributed by atoms with Crippen molar-refractivity contribution >= 4 is 18.3 Å². The van der Waals surface area contributed by atoms with E-state index in [1.54, 1.807) is 24.3 Å². The summed E-state index contributed by atoms with van der Waals surface area (Å²) in [6.45, 7) is 9.33. The van der Waals surface area contributed by atoms with E-state index in [1.807, 2.05) is 37.3 Å². The van der Waals surface area contributed by atoms with Crippen molar-refractivity contribution in [3.05, 3.63) is 65.7 Å². The maximum absolute atomic E-state index is 13.5. The number of aryl methyl sites for hydroxylation is 1. The summed E-state index contributed by atoms with van der Waals surface area (Å²) in [6.07, 6.45) is 7.02. The topological polar surface area (TPSA) is 46.6 Å². The first kappa shape index (κ1) is 29.2. The Labute approximate surface area is 215 Å². The Balaban J connectivity index is 2.28. The molecule has 0 amide bonds. The van der Waals surface area contributed by atoms with E-state index in [-0.39, 0.29) is 11.4 Å². The van der Waals surface area contributed by atoms with Crippen molar-refractivity contribution in [2.24, 2.45) is 0 Å². The molecule has 0 aliphatic rings. The Morgan fingerprint density at radius 3 is 1.89 bits per heavy atom. The molecule has 0 aromatic heterocycles. The van der Waals surface area contributed by atoms with Gasteiger partial charge in [0, 0.05) is 11.6 Å². The van der Waals surface area contributed by atoms with Gasteiger partial charge in [0.05, 0.1) is 18.0 Å². The van der Waals surface area contributed by atoms with Gasteiger partial charge in [0.2, 0.25) is 0 Å². The predicted molar refractivity (Wildman–Crippen MR) is 149 cm³/mol. The van der Waals surface area contributed by atoms with Gasteiger partial charge < -0.3 is 4.43 Å². The summed E-state index contributed by atoms with van der Waals surface area (Å²) in [5, 5.41) is 0. The molecule has 0 N–H and O–H groups in total. The summed E-state index contributed by atoms with van der Waals surface area (Å²) < 4.78 is 34.9. The second kappa shape index (κ2) is 15.1. The van der Waals surface area contributed by atoms with E-state index in [9.17, 15) is 8.42 Å². The highest BCUT2D eigenvalue weighted by molar-refractivity contribution is 7.89. The summed E-state index contributed by atoms with van der Waals surface area (Å²) >= 11 is 0. The van der Waals surface area contributed by atoms with Crippen molar-refractivity contribution in [2.75, 3.05) is 13.2 Å². The number of benzene rings is 2. The largest absolute Gasteiger partial charge is 0.415 e. The highest BCUT2D eigenvalue weighted by Gasteiger charge is 2.33. The molecule has 0 saturated heterocycles. The van der Waals surface area contributed by atoms with E-state index < -0.39 is 18.3 Å². The van der Waals surface area contributed by atoms with Crippen LogP contribution in [0.3, 0.4) is 0 Å². The zero-order valence-electron chi connectivity index (χ0n) is 22.1. The standard InChI is InChI=1S/C29H43NO3SSi/c1-5-8-24-35(25-9-6-2,26-10-7-3)33-23-22-30(21-20-28-18-16-27(4)17-19-28)34(31,32)29-14-12-11-13-15-29/h11-19H,5-10,22-26H2,1-4H3. The number of nitrogens with zero attached hydrogens (tertiary/aromatic N) is 1. The minimum absolute atomic E-state index is 0.231. The Morgan fingerprint density at radius 1 is 0.829 bits per heavy atom. The van der Waals surface area contributed by atoms with Gasteiger partial charge >= 0.3 is 0 Å². The molecular formula is C29H43NO3SSi. The average molecular weight is 514 g/mol. The molecule has 4 nitrogen and oxygen atoms in total. The highest BCUT2D eigenvalue weighted by Crippen LogP contribution is 2.29. The maximum Gasteiger partial charge on any atom is 0.271 e. The third-order valence-electron chi connectivity index (χ3n) is 6.37. The maximum atomic E-state index is 13.5. The molecule has 35 heavy (non-hydrogen) atoms. The summed E-state index contributed by atoms with van der Waals surface area (Å²) in [6, 6.07) is 22.8. The third-order valence-corrected chi connectivity index (χ3v) is 12.7. The van der Waals surface area contributed by atoms with Crippen LogP contribution in [0.2, 0.25) is 18.1 Å². The molecule has 0 atom stereocenters. The van der Waals surface area contributed by atoms with Gasteiger partial charge in [0.25, 0.3) is 10.0 Å². The summed E-state index contributed by atoms with van der Waals surface area (Å²) in [5.41, 5.74) is 1.94. The molecule has 2 rings (SSSR count). The van der Waals surface area contributed by atoms with Gasteiger partial charge in [0.1, 0.15) is 0 Å². The smallest absolute Gasteiger partial charge is 0.271 e. The van der Waals surface area contributed by atoms with Crippen molar-refractivity contribution in [1.29, 1.82) is 0 Å². The lowest BCUT2D eigenvalue weighted by Gasteiger charge is -2.32. The van der Waals surface area contributed by atoms with E-state index in [4.69, 9.17) is 4.43 Å². The molecular weight excluding hydrogens is 470 g/mol. The number of unbranched alkanes of at least 4 members (excludes halogenated alkanes) is 3. The van der Waals surface area contributed by atoms with Crippen LogP contribution in [0.25, 0.3) is 0 Å². The van der Waals surface area contributed by atoms with Crippen LogP contribution < -0.4 is 0 Å². The van der Waals surface area contributed by atoms with Gasteiger partial charge in [-0.2, -0.15) is 0 Å². The first-order valence-corrected chi connectivity index (χ1v) is 17.1. The van der Waals surface area contributed by atoms with Gasteiger partial charge in [-0.3, -0.25) is 0 Å². The Bertz CT molecular complexity index is 1010. The predicted octanol–water partition coefficient (Wildman–Crippen LogP) is 7.36. The van der Waals surface area contributed by atoms with Crippen LogP contribution in [0.15, 0.2) is 59.5 Å². The van der Waals surface area contributed by atoms with Gasteiger partial charge in [-0.15, -0.1) is 0 Å². The quantitative estimate of drug-likeness (QED) is 0.142. The van der Waals surface area contributed by atoms with Crippen molar-refractivity contribution in [3.63, 3.8) is 0 Å². The fourth-order valence-corrected chi connectivity index (χ4v) is 10.1. The molecule has 0 unspecified atom stereocenters. The minimum atomic E-state index is -3.75. The van der Waals surface area contributed by atoms with Crippen LogP contribution in [-0.4, -0.2) is 34.2 Å². The van der Waals surface area contributed by atoms with E-state index in [1.165, 1.54) is 23.6 Å². The van der Waals surface area contributed by atoms with Crippen LogP contribution in [0.5, 0.6) is 0 Å². The molecule has 0 heterocycles. The fourth-order valence-electron chi connectivity index (χ4n) is 4.15. The lowest BCUT2D eigenvalue weighted by Crippen LogP contribution is -2.41. The zero-order chi connectivity index (χ0) is 25.6. The van der Waals surface area contributed by atoms with Crippen molar-refractivity contribution in [2.45, 2.75) is 89.2 Å². The Hall–Kier alpha value is -2.07. The molecule has 2 aromatic carbocycles. The monoisotopic (exact) mass is 513 g/mol. The molecule has 0 aliphatic carbocycles. The number of hydrogen-bond acceptors (Lipinski definition) is 3. The minimum Gasteiger partial charge on any atom is -0.415 e. The zero-order valence-corrected chi connectivity index (χ0v) is 23.9. The summed E-state index contributed by atoms with van der Waals surface area (Å²) in [5.74, 6) is 3.05. The van der Waals surface area contributed by atoms with Gasteiger partial charge in [0.15, 0.2) is 8.32 Å². The van der Waals surface area contributed by atoms with E-state index in [0.717, 1.165) is 48.5 Å². The highest BCUT2D eigenvalue weighted by atomic mass is 32.2. The lowest BCUT2D eigenvalue weighted by molar-refractivity contribution is 0.276. The SMILES string of the molecule is CCCC[Si](CCCC)(CCCC)OCCN(C#Cc1ccc(C)cc1)S(=O)(=O)c1ccccc1. The molecule has 192 valence electrons. The molecule has 0 saturated carbocycles. The van der Waals surface area contributed by atoms with Crippen LogP contribution in [0.1, 0.15) is 70.4 Å². The van der Waals surface area contributed by atoms with E-state index in [2.05, 4.69) is 32.7 Å². The number of rotatable bonds is 15. The Morgan fingerprint density at radius 2 is 1.37 bits per heavy atom. The average Bonchev–Trinajstić information content (AvgIpc) is 2.88. The molecule has 0 bridgehead atoms. The molecule has 0 fully saturated rings. The molecule has 0 radical (unpaired) electrons. The second-order valence-corrected chi connectivity index (χ2v) is 15.4. The van der Waals surface area contributed by atoms with Crippen LogP contribution in [-0.2, 0) is 14.4 Å². The number of hydrogen-bond donors (Lipinski definition) is 0. The Kier molecular flexibility index (Phi) is 12.6. The van der Waals surface area contributed by atoms with Crippen molar-refractivity contribution in [3.8, 4) is 12.0 Å².